The number of hydrogen-bond donors (Lipinski definition) is 2. The molecule has 142 valence electrons. The predicted molar refractivity (Wildman–Crippen MR) is 107 cm³/mol. The third-order valence-corrected chi connectivity index (χ3v) is 5.34. The molecule has 0 saturated carbocycles. The van der Waals surface area contributed by atoms with Crippen LogP contribution in [-0.2, 0) is 14.8 Å². The van der Waals surface area contributed by atoms with Crippen molar-refractivity contribution in [2.45, 2.75) is 4.90 Å². The quantitative estimate of drug-likeness (QED) is 0.347. The third-order valence-electron chi connectivity index (χ3n) is 3.20. The maximum absolute atomic E-state index is 12.0. The molecule has 0 radical (unpaired) electrons. The van der Waals surface area contributed by atoms with Gasteiger partial charge in [0.2, 0.25) is 10.0 Å². The van der Waals surface area contributed by atoms with Crippen molar-refractivity contribution in [2.75, 3.05) is 13.2 Å². The summed E-state index contributed by atoms with van der Waals surface area (Å²) in [6.07, 6.45) is 3.06. The fourth-order valence-electron chi connectivity index (χ4n) is 1.92. The van der Waals surface area contributed by atoms with Gasteiger partial charge in [-0.1, -0.05) is 46.8 Å². The van der Waals surface area contributed by atoms with Gasteiger partial charge in [0, 0.05) is 10.0 Å². The van der Waals surface area contributed by atoms with Gasteiger partial charge < -0.3 is 4.74 Å². The lowest BCUT2D eigenvalue weighted by atomic mass is 10.2. The molecule has 9 heteroatoms. The number of hydrazone groups is 1. The van der Waals surface area contributed by atoms with E-state index in [1.54, 1.807) is 42.5 Å². The monoisotopic (exact) mass is 451 g/mol. The predicted octanol–water partition coefficient (Wildman–Crippen LogP) is 2.44. The Bertz CT molecular complexity index is 931. The Morgan fingerprint density at radius 3 is 2.67 bits per heavy atom. The number of amides is 1. The standard InChI is InChI=1S/C18H18BrN3O4S/c1-2-10-26-15-8-9-17(19)14(11-15)12-20-22-18(23)13-21-27(24,25)16-6-4-3-5-7-16/h2-9,11-12,21H,1,10,13H2,(H,22,23). The Hall–Kier alpha value is -2.49. The van der Waals surface area contributed by atoms with Gasteiger partial charge in [-0.2, -0.15) is 5.10 Å². The maximum atomic E-state index is 12.0. The first-order chi connectivity index (χ1) is 12.9. The van der Waals surface area contributed by atoms with E-state index in [-0.39, 0.29) is 4.90 Å². The minimum Gasteiger partial charge on any atom is -0.490 e. The summed E-state index contributed by atoms with van der Waals surface area (Å²) in [7, 11) is -3.75. The van der Waals surface area contributed by atoms with Crippen molar-refractivity contribution in [2.24, 2.45) is 5.10 Å². The molecule has 27 heavy (non-hydrogen) atoms. The number of sulfonamides is 1. The largest absolute Gasteiger partial charge is 0.490 e. The number of hydrogen-bond acceptors (Lipinski definition) is 5. The van der Waals surface area contributed by atoms with Crippen LogP contribution in [-0.4, -0.2) is 33.7 Å². The summed E-state index contributed by atoms with van der Waals surface area (Å²) in [5.41, 5.74) is 2.95. The van der Waals surface area contributed by atoms with Gasteiger partial charge in [-0.3, -0.25) is 4.79 Å². The number of rotatable bonds is 9. The molecule has 0 aliphatic heterocycles. The number of carbonyl (C=O) groups excluding carboxylic acids is 1. The van der Waals surface area contributed by atoms with Crippen molar-refractivity contribution in [3.63, 3.8) is 0 Å². The van der Waals surface area contributed by atoms with Crippen LogP contribution in [0.3, 0.4) is 0 Å². The highest BCUT2D eigenvalue weighted by Gasteiger charge is 2.14. The Morgan fingerprint density at radius 1 is 1.22 bits per heavy atom. The molecule has 0 bridgehead atoms. The molecule has 0 fully saturated rings. The minimum atomic E-state index is -3.75. The highest BCUT2D eigenvalue weighted by Crippen LogP contribution is 2.21. The van der Waals surface area contributed by atoms with E-state index in [1.165, 1.54) is 18.3 Å². The van der Waals surface area contributed by atoms with Crippen molar-refractivity contribution in [3.05, 3.63) is 71.2 Å². The van der Waals surface area contributed by atoms with E-state index in [4.69, 9.17) is 4.74 Å². The zero-order valence-corrected chi connectivity index (χ0v) is 16.7. The van der Waals surface area contributed by atoms with E-state index in [9.17, 15) is 13.2 Å². The second kappa shape index (κ2) is 10.0. The third kappa shape index (κ3) is 6.63. The molecule has 0 saturated heterocycles. The van der Waals surface area contributed by atoms with Crippen LogP contribution >= 0.6 is 15.9 Å². The highest BCUT2D eigenvalue weighted by atomic mass is 79.9. The minimum absolute atomic E-state index is 0.0848. The maximum Gasteiger partial charge on any atom is 0.255 e. The molecule has 1 amide bonds. The van der Waals surface area contributed by atoms with Gasteiger partial charge in [-0.05, 0) is 30.3 Å². The second-order valence-corrected chi connectivity index (χ2v) is 7.84. The van der Waals surface area contributed by atoms with E-state index in [2.05, 4.69) is 37.8 Å². The van der Waals surface area contributed by atoms with Crippen LogP contribution in [0.25, 0.3) is 0 Å². The molecule has 0 atom stereocenters. The molecular formula is C18H18BrN3O4S. The fraction of sp³-hybridized carbons (Fsp3) is 0.111. The first kappa shape index (κ1) is 20.8. The molecule has 7 nitrogen and oxygen atoms in total. The number of benzene rings is 2. The lowest BCUT2D eigenvalue weighted by Crippen LogP contribution is -2.34. The molecule has 2 rings (SSSR count). The van der Waals surface area contributed by atoms with Crippen molar-refractivity contribution < 1.29 is 17.9 Å². The molecule has 0 aliphatic rings. The topological polar surface area (TPSA) is 96.9 Å². The van der Waals surface area contributed by atoms with Crippen LogP contribution in [0, 0.1) is 0 Å². The van der Waals surface area contributed by atoms with Crippen LogP contribution < -0.4 is 14.9 Å². The van der Waals surface area contributed by atoms with Gasteiger partial charge in [0.15, 0.2) is 0 Å². The van der Waals surface area contributed by atoms with Crippen LogP contribution in [0.2, 0.25) is 0 Å². The van der Waals surface area contributed by atoms with E-state index < -0.39 is 22.5 Å². The smallest absolute Gasteiger partial charge is 0.255 e. The Morgan fingerprint density at radius 2 is 1.96 bits per heavy atom. The molecule has 0 unspecified atom stereocenters. The van der Waals surface area contributed by atoms with Crippen molar-refractivity contribution >= 4 is 38.1 Å². The first-order valence-electron chi connectivity index (χ1n) is 7.82. The second-order valence-electron chi connectivity index (χ2n) is 5.21. The van der Waals surface area contributed by atoms with Gasteiger partial charge in [-0.15, -0.1) is 0 Å². The summed E-state index contributed by atoms with van der Waals surface area (Å²) in [6.45, 7) is 3.52. The summed E-state index contributed by atoms with van der Waals surface area (Å²) < 4.78 is 32.5. The van der Waals surface area contributed by atoms with Crippen LogP contribution in [0.1, 0.15) is 5.56 Å². The Kier molecular flexibility index (Phi) is 7.71. The lowest BCUT2D eigenvalue weighted by Gasteiger charge is -2.06. The summed E-state index contributed by atoms with van der Waals surface area (Å²) in [5.74, 6) is 0.0300. The highest BCUT2D eigenvalue weighted by molar-refractivity contribution is 9.10. The molecule has 2 N–H and O–H groups in total. The van der Waals surface area contributed by atoms with Crippen LogP contribution in [0.15, 0.2) is 75.7 Å². The lowest BCUT2D eigenvalue weighted by molar-refractivity contribution is -0.119. The Labute approximate surface area is 166 Å². The fourth-order valence-corrected chi connectivity index (χ4v) is 3.27. The number of carbonyl (C=O) groups is 1. The van der Waals surface area contributed by atoms with Crippen LogP contribution in [0.5, 0.6) is 5.75 Å². The molecule has 2 aromatic carbocycles. The zero-order chi connectivity index (χ0) is 19.7. The summed E-state index contributed by atoms with van der Waals surface area (Å²) in [6, 6.07) is 13.1. The number of halogens is 1. The van der Waals surface area contributed by atoms with E-state index >= 15 is 0 Å². The van der Waals surface area contributed by atoms with Gasteiger partial charge in [0.25, 0.3) is 5.91 Å². The van der Waals surface area contributed by atoms with Gasteiger partial charge in [0.05, 0.1) is 17.7 Å². The molecule has 0 aromatic heterocycles. The van der Waals surface area contributed by atoms with Gasteiger partial charge in [-0.25, -0.2) is 18.6 Å². The average molecular weight is 452 g/mol. The zero-order valence-electron chi connectivity index (χ0n) is 14.3. The van der Waals surface area contributed by atoms with Crippen LogP contribution in [0.4, 0.5) is 0 Å². The summed E-state index contributed by atoms with van der Waals surface area (Å²) >= 11 is 3.38. The molecular weight excluding hydrogens is 434 g/mol. The molecule has 0 spiro atoms. The van der Waals surface area contributed by atoms with Gasteiger partial charge in [0.1, 0.15) is 12.4 Å². The SMILES string of the molecule is C=CCOc1ccc(Br)c(C=NNC(=O)CNS(=O)(=O)c2ccccc2)c1. The molecule has 2 aromatic rings. The average Bonchev–Trinajstić information content (AvgIpc) is 2.67. The first-order valence-corrected chi connectivity index (χ1v) is 10.1. The Balaban J connectivity index is 1.91. The number of nitrogens with one attached hydrogen (secondary N) is 2. The molecule has 0 heterocycles. The normalized spacial score (nSPS) is 11.3. The van der Waals surface area contributed by atoms with Gasteiger partial charge >= 0.3 is 0 Å². The summed E-state index contributed by atoms with van der Waals surface area (Å²) in [4.78, 5) is 11.9. The summed E-state index contributed by atoms with van der Waals surface area (Å²) in [5, 5.41) is 3.83. The van der Waals surface area contributed by atoms with E-state index in [0.717, 1.165) is 4.47 Å². The number of nitrogens with zero attached hydrogens (tertiary/aromatic N) is 1. The molecule has 0 aliphatic carbocycles. The van der Waals surface area contributed by atoms with Crippen molar-refractivity contribution in [3.8, 4) is 5.75 Å². The van der Waals surface area contributed by atoms with Crippen molar-refractivity contribution in [1.29, 1.82) is 0 Å². The van der Waals surface area contributed by atoms with Crippen molar-refractivity contribution in [1.82, 2.24) is 10.1 Å². The van der Waals surface area contributed by atoms with E-state index in [0.29, 0.717) is 17.9 Å². The van der Waals surface area contributed by atoms with E-state index in [1.807, 2.05) is 0 Å². The number of ether oxygens (including phenoxy) is 1.